The maximum atomic E-state index is 12.1. The molecule has 0 aromatic heterocycles. The number of nitro groups is 1. The monoisotopic (exact) mass is 498 g/mol. The highest BCUT2D eigenvalue weighted by Crippen LogP contribution is 2.33. The fraction of sp³-hybridized carbons (Fsp3) is 0.0909. The van der Waals surface area contributed by atoms with Crippen molar-refractivity contribution in [3.63, 3.8) is 0 Å². The predicted molar refractivity (Wildman–Crippen MR) is 126 cm³/mol. The molecule has 2 N–H and O–H groups in total. The van der Waals surface area contributed by atoms with E-state index in [1.54, 1.807) is 42.6 Å². The Bertz CT molecular complexity index is 1120. The van der Waals surface area contributed by atoms with Crippen LogP contribution in [0.15, 0.2) is 76.3 Å². The zero-order chi connectivity index (χ0) is 22.9. The van der Waals surface area contributed by atoms with Crippen LogP contribution in [0.3, 0.4) is 0 Å². The van der Waals surface area contributed by atoms with E-state index in [9.17, 15) is 14.9 Å². The van der Waals surface area contributed by atoms with E-state index in [1.807, 2.05) is 18.2 Å². The van der Waals surface area contributed by atoms with Crippen molar-refractivity contribution >= 4 is 45.1 Å². The number of methoxy groups -OCH3 is 1. The fourth-order valence-corrected chi connectivity index (χ4v) is 3.04. The van der Waals surface area contributed by atoms with Gasteiger partial charge in [0.25, 0.3) is 11.6 Å². The first-order chi connectivity index (χ1) is 15.5. The molecule has 1 amide bonds. The SMILES string of the molecule is COc1cc(/C=N/Nc2ccc([N+](=O)[O-])cc2)c(Br)cc1OCC(=O)Nc1ccccc1. The molecule has 0 unspecified atom stereocenters. The molecule has 3 rings (SSSR count). The number of carbonyl (C=O) groups excluding carboxylic acids is 1. The fourth-order valence-electron chi connectivity index (χ4n) is 2.62. The van der Waals surface area contributed by atoms with Gasteiger partial charge in [-0.2, -0.15) is 5.10 Å². The molecule has 0 aliphatic carbocycles. The second-order valence-electron chi connectivity index (χ2n) is 6.40. The number of para-hydroxylation sites is 1. The van der Waals surface area contributed by atoms with Gasteiger partial charge in [-0.25, -0.2) is 0 Å². The molecule has 0 atom stereocenters. The first kappa shape index (κ1) is 22.8. The van der Waals surface area contributed by atoms with Crippen LogP contribution >= 0.6 is 15.9 Å². The third-order valence-electron chi connectivity index (χ3n) is 4.17. The number of halogens is 1. The number of non-ortho nitro benzene ring substituents is 1. The van der Waals surface area contributed by atoms with Crippen molar-refractivity contribution in [3.05, 3.63) is 86.9 Å². The van der Waals surface area contributed by atoms with E-state index in [-0.39, 0.29) is 18.2 Å². The Labute approximate surface area is 192 Å². The molecule has 3 aromatic rings. The third-order valence-corrected chi connectivity index (χ3v) is 4.86. The maximum absolute atomic E-state index is 12.1. The van der Waals surface area contributed by atoms with Gasteiger partial charge in [0, 0.05) is 27.9 Å². The van der Waals surface area contributed by atoms with Crippen molar-refractivity contribution < 1.29 is 19.2 Å². The molecule has 0 saturated heterocycles. The molecule has 0 spiro atoms. The molecule has 0 aliphatic rings. The molecule has 3 aromatic carbocycles. The number of rotatable bonds is 9. The van der Waals surface area contributed by atoms with Crippen LogP contribution in [0.25, 0.3) is 0 Å². The average Bonchev–Trinajstić information content (AvgIpc) is 2.79. The van der Waals surface area contributed by atoms with Crippen molar-refractivity contribution in [2.24, 2.45) is 5.10 Å². The lowest BCUT2D eigenvalue weighted by molar-refractivity contribution is -0.384. The molecular weight excluding hydrogens is 480 g/mol. The molecule has 0 heterocycles. The first-order valence-electron chi connectivity index (χ1n) is 9.35. The maximum Gasteiger partial charge on any atom is 0.269 e. The van der Waals surface area contributed by atoms with Crippen LogP contribution in [0, 0.1) is 10.1 Å². The van der Waals surface area contributed by atoms with Crippen LogP contribution in [-0.2, 0) is 4.79 Å². The largest absolute Gasteiger partial charge is 0.493 e. The van der Waals surface area contributed by atoms with Gasteiger partial charge in [0.2, 0.25) is 0 Å². The summed E-state index contributed by atoms with van der Waals surface area (Å²) in [5, 5.41) is 17.6. The van der Waals surface area contributed by atoms with E-state index >= 15 is 0 Å². The standard InChI is InChI=1S/C22H19BrN4O5/c1-31-20-11-15(13-24-26-17-7-9-18(10-8-17)27(29)30)19(23)12-21(20)32-14-22(28)25-16-5-3-2-4-6-16/h2-13,26H,14H2,1H3,(H,25,28)/b24-13+. The summed E-state index contributed by atoms with van der Waals surface area (Å²) in [7, 11) is 1.50. The molecule has 0 bridgehead atoms. The van der Waals surface area contributed by atoms with Crippen LogP contribution in [0.1, 0.15) is 5.56 Å². The quantitative estimate of drug-likeness (QED) is 0.248. The number of hydrogen-bond donors (Lipinski definition) is 2. The molecule has 164 valence electrons. The lowest BCUT2D eigenvalue weighted by Crippen LogP contribution is -2.20. The molecular formula is C22H19BrN4O5. The van der Waals surface area contributed by atoms with Gasteiger partial charge in [0.05, 0.1) is 23.9 Å². The number of amides is 1. The molecule has 0 aliphatic heterocycles. The molecule has 0 saturated carbocycles. The van der Waals surface area contributed by atoms with Gasteiger partial charge in [0.15, 0.2) is 18.1 Å². The Balaban J connectivity index is 1.63. The summed E-state index contributed by atoms with van der Waals surface area (Å²) in [6, 6.07) is 18.4. The highest BCUT2D eigenvalue weighted by atomic mass is 79.9. The molecule has 0 radical (unpaired) electrons. The highest BCUT2D eigenvalue weighted by Gasteiger charge is 2.12. The van der Waals surface area contributed by atoms with Crippen LogP contribution in [0.4, 0.5) is 17.1 Å². The minimum Gasteiger partial charge on any atom is -0.493 e. The third kappa shape index (κ3) is 6.29. The molecule has 32 heavy (non-hydrogen) atoms. The number of benzene rings is 3. The van der Waals surface area contributed by atoms with E-state index in [2.05, 4.69) is 31.8 Å². The topological polar surface area (TPSA) is 115 Å². The highest BCUT2D eigenvalue weighted by molar-refractivity contribution is 9.10. The van der Waals surface area contributed by atoms with Gasteiger partial charge in [-0.1, -0.05) is 18.2 Å². The summed E-state index contributed by atoms with van der Waals surface area (Å²) in [6.45, 7) is -0.188. The van der Waals surface area contributed by atoms with Crippen LogP contribution < -0.4 is 20.2 Å². The Morgan fingerprint density at radius 3 is 2.47 bits per heavy atom. The molecule has 9 nitrogen and oxygen atoms in total. The van der Waals surface area contributed by atoms with Gasteiger partial charge >= 0.3 is 0 Å². The van der Waals surface area contributed by atoms with Crippen molar-refractivity contribution in [1.29, 1.82) is 0 Å². The van der Waals surface area contributed by atoms with Gasteiger partial charge < -0.3 is 14.8 Å². The van der Waals surface area contributed by atoms with Crippen molar-refractivity contribution in [2.75, 3.05) is 24.5 Å². The summed E-state index contributed by atoms with van der Waals surface area (Å²) in [6.07, 6.45) is 1.56. The Morgan fingerprint density at radius 2 is 1.81 bits per heavy atom. The number of nitro benzene ring substituents is 1. The lowest BCUT2D eigenvalue weighted by atomic mass is 10.2. The second kappa shape index (κ2) is 10.9. The summed E-state index contributed by atoms with van der Waals surface area (Å²) >= 11 is 3.45. The summed E-state index contributed by atoms with van der Waals surface area (Å²) < 4.78 is 11.7. The molecule has 10 heteroatoms. The zero-order valence-corrected chi connectivity index (χ0v) is 18.5. The number of nitrogens with one attached hydrogen (secondary N) is 2. The number of ether oxygens (including phenoxy) is 2. The van der Waals surface area contributed by atoms with Gasteiger partial charge in [0.1, 0.15) is 0 Å². The van der Waals surface area contributed by atoms with E-state index in [0.717, 1.165) is 0 Å². The van der Waals surface area contributed by atoms with Crippen LogP contribution in [0.5, 0.6) is 11.5 Å². The van der Waals surface area contributed by atoms with E-state index in [1.165, 1.54) is 19.2 Å². The smallest absolute Gasteiger partial charge is 0.269 e. The number of hydrogen-bond acceptors (Lipinski definition) is 7. The van der Waals surface area contributed by atoms with E-state index < -0.39 is 4.92 Å². The van der Waals surface area contributed by atoms with E-state index in [4.69, 9.17) is 9.47 Å². The minimum absolute atomic E-state index is 0.0000456. The van der Waals surface area contributed by atoms with Gasteiger partial charge in [-0.15, -0.1) is 0 Å². The normalized spacial score (nSPS) is 10.6. The number of carbonyl (C=O) groups is 1. The minimum atomic E-state index is -0.467. The predicted octanol–water partition coefficient (Wildman–Crippen LogP) is 4.83. The van der Waals surface area contributed by atoms with Crippen molar-refractivity contribution in [3.8, 4) is 11.5 Å². The average molecular weight is 499 g/mol. The van der Waals surface area contributed by atoms with Crippen molar-refractivity contribution in [1.82, 2.24) is 0 Å². The van der Waals surface area contributed by atoms with E-state index in [0.29, 0.717) is 32.9 Å². The first-order valence-corrected chi connectivity index (χ1v) is 10.1. The number of nitrogens with zero attached hydrogens (tertiary/aromatic N) is 2. The lowest BCUT2D eigenvalue weighted by Gasteiger charge is -2.13. The van der Waals surface area contributed by atoms with Gasteiger partial charge in [-0.3, -0.25) is 20.3 Å². The zero-order valence-electron chi connectivity index (χ0n) is 16.9. The number of hydrazone groups is 1. The van der Waals surface area contributed by atoms with Crippen LogP contribution in [0.2, 0.25) is 0 Å². The molecule has 0 fully saturated rings. The Kier molecular flexibility index (Phi) is 7.76. The second-order valence-corrected chi connectivity index (χ2v) is 7.26. The Hall–Kier alpha value is -3.92. The Morgan fingerprint density at radius 1 is 1.09 bits per heavy atom. The van der Waals surface area contributed by atoms with Crippen molar-refractivity contribution in [2.45, 2.75) is 0 Å². The number of anilines is 2. The van der Waals surface area contributed by atoms with Crippen LogP contribution in [-0.4, -0.2) is 30.8 Å². The summed E-state index contributed by atoms with van der Waals surface area (Å²) in [4.78, 5) is 22.4. The van der Waals surface area contributed by atoms with Gasteiger partial charge in [-0.05, 0) is 52.3 Å². The summed E-state index contributed by atoms with van der Waals surface area (Å²) in [5.41, 5.74) is 4.77. The summed E-state index contributed by atoms with van der Waals surface area (Å²) in [5.74, 6) is 0.521.